The third-order valence-corrected chi connectivity index (χ3v) is 2.36. The molecule has 4 heteroatoms. The van der Waals surface area contributed by atoms with Crippen molar-refractivity contribution in [2.75, 3.05) is 0 Å². The van der Waals surface area contributed by atoms with Gasteiger partial charge < -0.3 is 4.52 Å². The van der Waals surface area contributed by atoms with E-state index in [-0.39, 0.29) is 11.5 Å². The summed E-state index contributed by atoms with van der Waals surface area (Å²) >= 11 is 0. The number of rotatable bonds is 2. The summed E-state index contributed by atoms with van der Waals surface area (Å²) in [4.78, 5) is 0. The van der Waals surface area contributed by atoms with Crippen molar-refractivity contribution < 1.29 is 13.3 Å². The monoisotopic (exact) mass is 223 g/mol. The van der Waals surface area contributed by atoms with Gasteiger partial charge in [0.2, 0.25) is 0 Å². The van der Waals surface area contributed by atoms with Gasteiger partial charge in [-0.2, -0.15) is 0 Å². The van der Waals surface area contributed by atoms with Crippen molar-refractivity contribution in [3.8, 4) is 11.1 Å². The Morgan fingerprint density at radius 3 is 2.62 bits per heavy atom. The number of aromatic nitrogens is 1. The van der Waals surface area contributed by atoms with Crippen LogP contribution in [0.5, 0.6) is 0 Å². The van der Waals surface area contributed by atoms with Crippen molar-refractivity contribution in [1.29, 1.82) is 0 Å². The van der Waals surface area contributed by atoms with Crippen molar-refractivity contribution in [2.24, 2.45) is 0 Å². The third-order valence-electron chi connectivity index (χ3n) is 2.36. The lowest BCUT2D eigenvalue weighted by atomic mass is 10.0. The minimum atomic E-state index is -0.868. The Kier molecular flexibility index (Phi) is 2.73. The van der Waals surface area contributed by atoms with E-state index in [0.717, 1.165) is 6.07 Å². The first-order chi connectivity index (χ1) is 7.61. The van der Waals surface area contributed by atoms with Gasteiger partial charge in [0.15, 0.2) is 11.6 Å². The maximum absolute atomic E-state index is 13.6. The zero-order chi connectivity index (χ0) is 11.7. The van der Waals surface area contributed by atoms with E-state index in [4.69, 9.17) is 4.52 Å². The fourth-order valence-corrected chi connectivity index (χ4v) is 1.58. The highest BCUT2D eigenvalue weighted by Gasteiger charge is 2.18. The molecule has 2 nitrogen and oxygen atoms in total. The zero-order valence-electron chi connectivity index (χ0n) is 9.00. The molecule has 0 aliphatic heterocycles. The van der Waals surface area contributed by atoms with Crippen LogP contribution in [0, 0.1) is 11.6 Å². The molecule has 0 aliphatic rings. The average molecular weight is 223 g/mol. The topological polar surface area (TPSA) is 26.0 Å². The van der Waals surface area contributed by atoms with Crippen LogP contribution < -0.4 is 0 Å². The normalized spacial score (nSPS) is 11.1. The second-order valence-corrected chi connectivity index (χ2v) is 3.86. The van der Waals surface area contributed by atoms with Crippen LogP contribution in [0.15, 0.2) is 28.9 Å². The third kappa shape index (κ3) is 1.71. The van der Waals surface area contributed by atoms with E-state index in [1.54, 1.807) is 0 Å². The van der Waals surface area contributed by atoms with E-state index in [2.05, 4.69) is 5.16 Å². The molecule has 0 fully saturated rings. The van der Waals surface area contributed by atoms with E-state index in [1.807, 2.05) is 13.8 Å². The second-order valence-electron chi connectivity index (χ2n) is 3.86. The number of hydrogen-bond donors (Lipinski definition) is 0. The van der Waals surface area contributed by atoms with Gasteiger partial charge in [-0.15, -0.1) is 0 Å². The van der Waals surface area contributed by atoms with Crippen LogP contribution in [0.2, 0.25) is 0 Å². The molecule has 1 aromatic heterocycles. The van der Waals surface area contributed by atoms with Crippen molar-refractivity contribution in [2.45, 2.75) is 19.8 Å². The summed E-state index contributed by atoms with van der Waals surface area (Å²) in [5.41, 5.74) is 0.692. The lowest BCUT2D eigenvalue weighted by Crippen LogP contribution is -1.92. The Hall–Kier alpha value is -1.71. The first kappa shape index (κ1) is 10.8. The molecule has 1 heterocycles. The van der Waals surface area contributed by atoms with Crippen LogP contribution in [0.1, 0.15) is 25.5 Å². The molecule has 0 N–H and O–H groups in total. The number of hydrogen-bond acceptors (Lipinski definition) is 2. The summed E-state index contributed by atoms with van der Waals surface area (Å²) in [5, 5.41) is 3.63. The Morgan fingerprint density at radius 2 is 1.94 bits per heavy atom. The second kappa shape index (κ2) is 4.04. The van der Waals surface area contributed by atoms with Crippen LogP contribution >= 0.6 is 0 Å². The van der Waals surface area contributed by atoms with E-state index < -0.39 is 11.6 Å². The van der Waals surface area contributed by atoms with Crippen LogP contribution in [0.4, 0.5) is 8.78 Å². The van der Waals surface area contributed by atoms with Crippen molar-refractivity contribution in [1.82, 2.24) is 5.16 Å². The van der Waals surface area contributed by atoms with E-state index in [0.29, 0.717) is 11.3 Å². The highest BCUT2D eigenvalue weighted by Crippen LogP contribution is 2.31. The molecule has 0 saturated heterocycles. The van der Waals surface area contributed by atoms with Crippen molar-refractivity contribution in [3.05, 3.63) is 41.8 Å². The fraction of sp³-hybridized carbons (Fsp3) is 0.250. The molecule has 0 aliphatic carbocycles. The van der Waals surface area contributed by atoms with Gasteiger partial charge in [0.1, 0.15) is 5.76 Å². The summed E-state index contributed by atoms with van der Waals surface area (Å²) in [6.45, 7) is 3.81. The van der Waals surface area contributed by atoms with E-state index in [9.17, 15) is 8.78 Å². The Balaban J connectivity index is 2.59. The molecule has 16 heavy (non-hydrogen) atoms. The highest BCUT2D eigenvalue weighted by molar-refractivity contribution is 5.65. The first-order valence-electron chi connectivity index (χ1n) is 5.00. The van der Waals surface area contributed by atoms with Crippen molar-refractivity contribution in [3.63, 3.8) is 0 Å². The quantitative estimate of drug-likeness (QED) is 0.775. The van der Waals surface area contributed by atoms with Gasteiger partial charge >= 0.3 is 0 Å². The van der Waals surface area contributed by atoms with Crippen LogP contribution in [-0.4, -0.2) is 5.16 Å². The highest BCUT2D eigenvalue weighted by atomic mass is 19.2. The summed E-state index contributed by atoms with van der Waals surface area (Å²) in [5.74, 6) is -1.11. The molecule has 0 bridgehead atoms. The minimum absolute atomic E-state index is 0.0696. The summed E-state index contributed by atoms with van der Waals surface area (Å²) in [6.07, 6.45) is 1.41. The molecular weight excluding hydrogens is 212 g/mol. The lowest BCUT2D eigenvalue weighted by Gasteiger charge is -2.05. The molecule has 2 aromatic rings. The Morgan fingerprint density at radius 1 is 1.19 bits per heavy atom. The number of halogens is 2. The zero-order valence-corrected chi connectivity index (χ0v) is 9.00. The van der Waals surface area contributed by atoms with Gasteiger partial charge in [0, 0.05) is 17.0 Å². The molecule has 0 unspecified atom stereocenters. The molecule has 1 aromatic carbocycles. The van der Waals surface area contributed by atoms with Gasteiger partial charge in [-0.05, 0) is 6.07 Å². The van der Waals surface area contributed by atoms with Gasteiger partial charge in [-0.1, -0.05) is 31.1 Å². The number of nitrogens with zero attached hydrogens (tertiary/aromatic N) is 1. The first-order valence-corrected chi connectivity index (χ1v) is 5.00. The molecule has 0 saturated carbocycles. The Bertz CT molecular complexity index is 505. The van der Waals surface area contributed by atoms with Gasteiger partial charge in [-0.25, -0.2) is 8.78 Å². The summed E-state index contributed by atoms with van der Waals surface area (Å²) < 4.78 is 31.7. The van der Waals surface area contributed by atoms with Crippen LogP contribution in [0.3, 0.4) is 0 Å². The standard InChI is InChI=1S/C12H11F2NO/c1-7(2)12-9(6-15-16-12)8-4-3-5-10(13)11(8)14/h3-7H,1-2H3. The smallest absolute Gasteiger partial charge is 0.166 e. The van der Waals surface area contributed by atoms with Crippen LogP contribution in [0.25, 0.3) is 11.1 Å². The van der Waals surface area contributed by atoms with E-state index in [1.165, 1.54) is 18.3 Å². The van der Waals surface area contributed by atoms with Crippen LogP contribution in [-0.2, 0) is 0 Å². The molecule has 84 valence electrons. The molecule has 0 radical (unpaired) electrons. The minimum Gasteiger partial charge on any atom is -0.360 e. The van der Waals surface area contributed by atoms with Gasteiger partial charge in [0.05, 0.1) is 6.20 Å². The predicted molar refractivity (Wildman–Crippen MR) is 55.9 cm³/mol. The molecule has 0 atom stereocenters. The number of benzene rings is 1. The predicted octanol–water partition coefficient (Wildman–Crippen LogP) is 3.74. The van der Waals surface area contributed by atoms with E-state index >= 15 is 0 Å². The van der Waals surface area contributed by atoms with Crippen molar-refractivity contribution >= 4 is 0 Å². The summed E-state index contributed by atoms with van der Waals surface area (Å²) in [6, 6.07) is 4.06. The molecule has 0 spiro atoms. The SMILES string of the molecule is CC(C)c1oncc1-c1cccc(F)c1F. The van der Waals surface area contributed by atoms with Gasteiger partial charge in [-0.3, -0.25) is 0 Å². The largest absolute Gasteiger partial charge is 0.360 e. The molecule has 2 rings (SSSR count). The summed E-state index contributed by atoms with van der Waals surface area (Å²) in [7, 11) is 0. The Labute approximate surface area is 91.9 Å². The fourth-order valence-electron chi connectivity index (χ4n) is 1.58. The van der Waals surface area contributed by atoms with Gasteiger partial charge in [0.25, 0.3) is 0 Å². The average Bonchev–Trinajstić information content (AvgIpc) is 2.70. The molecule has 0 amide bonds. The maximum atomic E-state index is 13.6. The molecular formula is C12H11F2NO. The lowest BCUT2D eigenvalue weighted by molar-refractivity contribution is 0.371. The maximum Gasteiger partial charge on any atom is 0.166 e.